The standard InChI is InChI=1S/C23H27N5OS/c1-2-3-5-18-7-9-19(10-8-18)24-23(29)28-15-13-27(14-16-28)22-12-11-20(25-26-22)21-6-4-17-30-21/h4,6-12,17H,2-3,5,13-16H2,1H3,(H,24,29). The van der Waals surface area contributed by atoms with Crippen LogP contribution in [0.5, 0.6) is 0 Å². The van der Waals surface area contributed by atoms with Crippen LogP contribution in [-0.2, 0) is 6.42 Å². The Balaban J connectivity index is 1.28. The van der Waals surface area contributed by atoms with Crippen LogP contribution in [0.2, 0.25) is 0 Å². The highest BCUT2D eigenvalue weighted by molar-refractivity contribution is 7.13. The van der Waals surface area contributed by atoms with Crippen LogP contribution in [0.1, 0.15) is 25.3 Å². The van der Waals surface area contributed by atoms with Gasteiger partial charge in [-0.25, -0.2) is 4.79 Å². The number of nitrogens with one attached hydrogen (secondary N) is 1. The van der Waals surface area contributed by atoms with Crippen LogP contribution in [0.25, 0.3) is 10.6 Å². The van der Waals surface area contributed by atoms with Gasteiger partial charge in [-0.2, -0.15) is 0 Å². The Hall–Kier alpha value is -2.93. The fraction of sp³-hybridized carbons (Fsp3) is 0.348. The Morgan fingerprint density at radius 2 is 1.83 bits per heavy atom. The van der Waals surface area contributed by atoms with Crippen molar-refractivity contribution in [2.75, 3.05) is 36.4 Å². The fourth-order valence-electron chi connectivity index (χ4n) is 3.53. The Morgan fingerprint density at radius 3 is 2.47 bits per heavy atom. The zero-order chi connectivity index (χ0) is 20.8. The number of anilines is 2. The van der Waals surface area contributed by atoms with Crippen molar-refractivity contribution < 1.29 is 4.79 Å². The number of hydrogen-bond donors (Lipinski definition) is 1. The van der Waals surface area contributed by atoms with E-state index in [1.165, 1.54) is 18.4 Å². The molecule has 0 atom stereocenters. The van der Waals surface area contributed by atoms with E-state index < -0.39 is 0 Å². The number of carbonyl (C=O) groups is 1. The lowest BCUT2D eigenvalue weighted by Gasteiger charge is -2.35. The molecule has 0 aliphatic carbocycles. The molecule has 2 amide bonds. The average molecular weight is 422 g/mol. The van der Waals surface area contributed by atoms with E-state index in [-0.39, 0.29) is 6.03 Å². The molecule has 3 heterocycles. The smallest absolute Gasteiger partial charge is 0.321 e. The maximum Gasteiger partial charge on any atom is 0.321 e. The number of hydrogen-bond acceptors (Lipinski definition) is 5. The molecule has 4 rings (SSSR count). The molecule has 0 unspecified atom stereocenters. The Morgan fingerprint density at radius 1 is 1.03 bits per heavy atom. The highest BCUT2D eigenvalue weighted by atomic mass is 32.1. The van der Waals surface area contributed by atoms with Crippen molar-refractivity contribution in [1.29, 1.82) is 0 Å². The fourth-order valence-corrected chi connectivity index (χ4v) is 4.22. The van der Waals surface area contributed by atoms with Crippen molar-refractivity contribution in [3.8, 4) is 10.6 Å². The molecular formula is C23H27N5OS. The van der Waals surface area contributed by atoms with Gasteiger partial charge in [0.2, 0.25) is 0 Å². The second-order valence-electron chi connectivity index (χ2n) is 7.46. The second kappa shape index (κ2) is 9.71. The summed E-state index contributed by atoms with van der Waals surface area (Å²) in [6, 6.07) is 16.2. The molecule has 1 aromatic carbocycles. The lowest BCUT2D eigenvalue weighted by atomic mass is 10.1. The summed E-state index contributed by atoms with van der Waals surface area (Å²) in [6.07, 6.45) is 3.47. The summed E-state index contributed by atoms with van der Waals surface area (Å²) in [5, 5.41) is 13.8. The van der Waals surface area contributed by atoms with Gasteiger partial charge in [-0.1, -0.05) is 31.5 Å². The molecular weight excluding hydrogens is 394 g/mol. The van der Waals surface area contributed by atoms with E-state index in [0.29, 0.717) is 13.1 Å². The molecule has 156 valence electrons. The van der Waals surface area contributed by atoms with E-state index in [1.54, 1.807) is 11.3 Å². The van der Waals surface area contributed by atoms with Crippen molar-refractivity contribution in [3.05, 3.63) is 59.5 Å². The van der Waals surface area contributed by atoms with Crippen LogP contribution in [0.15, 0.2) is 53.9 Å². The Labute approximate surface area is 181 Å². The van der Waals surface area contributed by atoms with Crippen LogP contribution in [0.3, 0.4) is 0 Å². The lowest BCUT2D eigenvalue weighted by Crippen LogP contribution is -2.50. The number of piperazine rings is 1. The number of nitrogens with zero attached hydrogens (tertiary/aromatic N) is 4. The first-order chi connectivity index (χ1) is 14.7. The molecule has 0 spiro atoms. The molecule has 0 bridgehead atoms. The van der Waals surface area contributed by atoms with Gasteiger partial charge >= 0.3 is 6.03 Å². The van der Waals surface area contributed by atoms with Gasteiger partial charge < -0.3 is 15.1 Å². The molecule has 2 aromatic heterocycles. The minimum absolute atomic E-state index is 0.0462. The van der Waals surface area contributed by atoms with Crippen molar-refractivity contribution in [2.24, 2.45) is 0 Å². The summed E-state index contributed by atoms with van der Waals surface area (Å²) >= 11 is 1.66. The molecule has 30 heavy (non-hydrogen) atoms. The van der Waals surface area contributed by atoms with E-state index in [2.05, 4.69) is 39.5 Å². The molecule has 0 saturated carbocycles. The van der Waals surface area contributed by atoms with E-state index in [4.69, 9.17) is 0 Å². The van der Waals surface area contributed by atoms with E-state index in [0.717, 1.165) is 41.6 Å². The zero-order valence-electron chi connectivity index (χ0n) is 17.3. The van der Waals surface area contributed by atoms with Crippen LogP contribution >= 0.6 is 11.3 Å². The predicted molar refractivity (Wildman–Crippen MR) is 123 cm³/mol. The van der Waals surface area contributed by atoms with Gasteiger partial charge in [0.05, 0.1) is 4.88 Å². The topological polar surface area (TPSA) is 61.4 Å². The first-order valence-electron chi connectivity index (χ1n) is 10.5. The highest BCUT2D eigenvalue weighted by Gasteiger charge is 2.22. The van der Waals surface area contributed by atoms with E-state index in [1.807, 2.05) is 46.7 Å². The summed E-state index contributed by atoms with van der Waals surface area (Å²) in [5.74, 6) is 0.859. The predicted octanol–water partition coefficient (Wildman–Crippen LogP) is 4.90. The molecule has 6 nitrogen and oxygen atoms in total. The first kappa shape index (κ1) is 20.3. The van der Waals surface area contributed by atoms with Gasteiger partial charge in [0.25, 0.3) is 0 Å². The average Bonchev–Trinajstić information content (AvgIpc) is 3.34. The molecule has 3 aromatic rings. The van der Waals surface area contributed by atoms with Gasteiger partial charge in [-0.05, 0) is 54.1 Å². The molecule has 0 radical (unpaired) electrons. The second-order valence-corrected chi connectivity index (χ2v) is 8.41. The van der Waals surface area contributed by atoms with E-state index >= 15 is 0 Å². The summed E-state index contributed by atoms with van der Waals surface area (Å²) in [4.78, 5) is 17.8. The van der Waals surface area contributed by atoms with Crippen molar-refractivity contribution in [3.63, 3.8) is 0 Å². The Bertz CT molecular complexity index is 933. The summed E-state index contributed by atoms with van der Waals surface area (Å²) < 4.78 is 0. The number of rotatable bonds is 6. The number of benzene rings is 1. The minimum Gasteiger partial charge on any atom is -0.352 e. The molecule has 1 aliphatic rings. The number of thiophene rings is 1. The van der Waals surface area contributed by atoms with Crippen LogP contribution in [0.4, 0.5) is 16.3 Å². The van der Waals surface area contributed by atoms with Crippen LogP contribution < -0.4 is 10.2 Å². The van der Waals surface area contributed by atoms with Gasteiger partial charge in [0, 0.05) is 31.9 Å². The number of aryl methyl sites for hydroxylation is 1. The van der Waals surface area contributed by atoms with Gasteiger partial charge in [0.15, 0.2) is 5.82 Å². The first-order valence-corrected chi connectivity index (χ1v) is 11.4. The highest BCUT2D eigenvalue weighted by Crippen LogP contribution is 2.23. The number of unbranched alkanes of at least 4 members (excludes halogenated alkanes) is 1. The normalized spacial score (nSPS) is 14.0. The lowest BCUT2D eigenvalue weighted by molar-refractivity contribution is 0.208. The van der Waals surface area contributed by atoms with Gasteiger partial charge in [-0.3, -0.25) is 0 Å². The third kappa shape index (κ3) is 4.97. The monoisotopic (exact) mass is 421 g/mol. The number of carbonyl (C=O) groups excluding carboxylic acids is 1. The maximum absolute atomic E-state index is 12.6. The summed E-state index contributed by atoms with van der Waals surface area (Å²) in [7, 11) is 0. The SMILES string of the molecule is CCCCc1ccc(NC(=O)N2CCN(c3ccc(-c4cccs4)nn3)CC2)cc1. The summed E-state index contributed by atoms with van der Waals surface area (Å²) in [5.41, 5.74) is 3.06. The maximum atomic E-state index is 12.6. The summed E-state index contributed by atoms with van der Waals surface area (Å²) in [6.45, 7) is 5.01. The molecule has 1 N–H and O–H groups in total. The zero-order valence-corrected chi connectivity index (χ0v) is 18.1. The largest absolute Gasteiger partial charge is 0.352 e. The Kier molecular flexibility index (Phi) is 6.59. The van der Waals surface area contributed by atoms with Crippen molar-refractivity contribution in [2.45, 2.75) is 26.2 Å². The molecule has 1 saturated heterocycles. The van der Waals surface area contributed by atoms with Crippen molar-refractivity contribution in [1.82, 2.24) is 15.1 Å². The molecule has 1 aliphatic heterocycles. The van der Waals surface area contributed by atoms with Crippen LogP contribution in [0, 0.1) is 0 Å². The van der Waals surface area contributed by atoms with Gasteiger partial charge in [-0.15, -0.1) is 21.5 Å². The molecule has 1 fully saturated rings. The quantitative estimate of drug-likeness (QED) is 0.615. The van der Waals surface area contributed by atoms with Crippen molar-refractivity contribution >= 4 is 28.9 Å². The van der Waals surface area contributed by atoms with E-state index in [9.17, 15) is 4.79 Å². The minimum atomic E-state index is -0.0462. The third-order valence-electron chi connectivity index (χ3n) is 5.34. The van der Waals surface area contributed by atoms with Gasteiger partial charge in [0.1, 0.15) is 5.69 Å². The third-order valence-corrected chi connectivity index (χ3v) is 6.23. The molecule has 7 heteroatoms. The number of urea groups is 1. The number of aromatic nitrogens is 2. The number of amides is 2. The van der Waals surface area contributed by atoms with Crippen LogP contribution in [-0.4, -0.2) is 47.3 Å².